The molecule has 4 heterocycles. The van der Waals surface area contributed by atoms with Crippen LogP contribution in [-0.4, -0.2) is 26.7 Å². The molecule has 2 N–H and O–H groups in total. The van der Waals surface area contributed by atoms with Gasteiger partial charge >= 0.3 is 0 Å². The van der Waals surface area contributed by atoms with Crippen LogP contribution >= 0.6 is 0 Å². The normalized spacial score (nSPS) is 13.5. The Morgan fingerprint density at radius 2 is 1.97 bits per heavy atom. The molecule has 8 nitrogen and oxygen atoms in total. The van der Waals surface area contributed by atoms with E-state index in [1.54, 1.807) is 6.20 Å². The van der Waals surface area contributed by atoms with Crippen LogP contribution in [0, 0.1) is 0 Å². The van der Waals surface area contributed by atoms with Crippen molar-refractivity contribution in [3.8, 4) is 0 Å². The van der Waals surface area contributed by atoms with Crippen LogP contribution in [0.3, 0.4) is 0 Å². The Bertz CT molecular complexity index is 1490. The van der Waals surface area contributed by atoms with Gasteiger partial charge < -0.3 is 14.7 Å². The van der Waals surface area contributed by atoms with Gasteiger partial charge in [0.05, 0.1) is 23.1 Å². The minimum absolute atomic E-state index is 0.151. The van der Waals surface area contributed by atoms with E-state index in [0.717, 1.165) is 33.3 Å². The molecule has 0 unspecified atom stereocenters. The van der Waals surface area contributed by atoms with E-state index in [1.165, 1.54) is 0 Å². The van der Waals surface area contributed by atoms with Crippen molar-refractivity contribution in [3.63, 3.8) is 0 Å². The molecule has 0 saturated heterocycles. The molecule has 1 aliphatic rings. The number of hydrogen-bond acceptors (Lipinski definition) is 7. The quantitative estimate of drug-likeness (QED) is 0.467. The summed E-state index contributed by atoms with van der Waals surface area (Å²) in [6.45, 7) is 1.10. The predicted octanol–water partition coefficient (Wildman–Crippen LogP) is 3.77. The Morgan fingerprint density at radius 3 is 2.94 bits per heavy atom. The monoisotopic (exact) mass is 410 g/mol. The van der Waals surface area contributed by atoms with Gasteiger partial charge in [-0.3, -0.25) is 9.78 Å². The average Bonchev–Trinajstić information content (AvgIpc) is 3.19. The highest BCUT2D eigenvalue weighted by Gasteiger charge is 2.25. The molecule has 0 amide bonds. The van der Waals surface area contributed by atoms with E-state index in [1.807, 2.05) is 53.4 Å². The number of benzene rings is 2. The van der Waals surface area contributed by atoms with Crippen molar-refractivity contribution in [2.24, 2.45) is 0 Å². The van der Waals surface area contributed by atoms with Crippen LogP contribution in [0.1, 0.15) is 11.3 Å². The standard InChI is InChI=1S/C23H18N6O2/c30-22-17-9-11-29(13-20(17)31-28-22)23-26-19-6-2-1-5-16(19)21(27-23)25-15-7-8-18-14(12-15)4-3-10-24-18/h1-8,10,12H,9,11,13H2,(H,28,30)(H,25,26,27). The molecule has 0 radical (unpaired) electrons. The number of H-pyrrole nitrogens is 1. The molecule has 0 fully saturated rings. The van der Waals surface area contributed by atoms with Crippen molar-refractivity contribution in [3.05, 3.63) is 82.5 Å². The lowest BCUT2D eigenvalue weighted by Gasteiger charge is -2.26. The molecule has 3 aromatic heterocycles. The molecule has 2 aromatic carbocycles. The van der Waals surface area contributed by atoms with E-state index in [2.05, 4.69) is 21.5 Å². The van der Waals surface area contributed by atoms with Crippen LogP contribution in [0.5, 0.6) is 0 Å². The van der Waals surface area contributed by atoms with Crippen LogP contribution in [0.15, 0.2) is 70.1 Å². The van der Waals surface area contributed by atoms with E-state index in [4.69, 9.17) is 14.5 Å². The Kier molecular flexibility index (Phi) is 3.95. The highest BCUT2D eigenvalue weighted by atomic mass is 16.5. The van der Waals surface area contributed by atoms with E-state index in [-0.39, 0.29) is 5.56 Å². The van der Waals surface area contributed by atoms with Gasteiger partial charge in [-0.25, -0.2) is 4.98 Å². The number of fused-ring (bicyclic) bond motifs is 3. The molecule has 8 heteroatoms. The summed E-state index contributed by atoms with van der Waals surface area (Å²) in [6, 6.07) is 17.9. The van der Waals surface area contributed by atoms with Gasteiger partial charge in [0.15, 0.2) is 5.76 Å². The fourth-order valence-corrected chi connectivity index (χ4v) is 4.00. The average molecular weight is 410 g/mol. The van der Waals surface area contributed by atoms with Gasteiger partial charge in [0, 0.05) is 29.2 Å². The zero-order chi connectivity index (χ0) is 20.8. The van der Waals surface area contributed by atoms with Crippen LogP contribution in [-0.2, 0) is 13.0 Å². The zero-order valence-electron chi connectivity index (χ0n) is 16.5. The summed E-state index contributed by atoms with van der Waals surface area (Å²) in [5.41, 5.74) is 3.27. The first-order valence-corrected chi connectivity index (χ1v) is 10.1. The van der Waals surface area contributed by atoms with Crippen LogP contribution < -0.4 is 15.8 Å². The SMILES string of the molecule is O=c1[nH]oc2c1CCN(c1nc(Nc3ccc4ncccc4c3)c3ccccc3n1)C2. The topological polar surface area (TPSA) is 99.9 Å². The summed E-state index contributed by atoms with van der Waals surface area (Å²) in [5, 5.41) is 7.87. The van der Waals surface area contributed by atoms with Gasteiger partial charge in [-0.1, -0.05) is 18.2 Å². The molecule has 152 valence electrons. The number of aromatic amines is 1. The third-order valence-electron chi connectivity index (χ3n) is 5.58. The summed E-state index contributed by atoms with van der Waals surface area (Å²) in [6.07, 6.45) is 2.38. The van der Waals surface area contributed by atoms with Gasteiger partial charge in [0.1, 0.15) is 5.82 Å². The largest absolute Gasteiger partial charge is 0.381 e. The molecule has 0 bridgehead atoms. The predicted molar refractivity (Wildman–Crippen MR) is 119 cm³/mol. The van der Waals surface area contributed by atoms with Gasteiger partial charge in [-0.05, 0) is 42.8 Å². The summed E-state index contributed by atoms with van der Waals surface area (Å²) in [5.74, 6) is 1.97. The van der Waals surface area contributed by atoms with Gasteiger partial charge in [0.25, 0.3) is 5.56 Å². The Labute approximate surface area is 176 Å². The number of para-hydroxylation sites is 1. The number of nitrogens with one attached hydrogen (secondary N) is 2. The Hall–Kier alpha value is -4.20. The van der Waals surface area contributed by atoms with Crippen LogP contribution in [0.4, 0.5) is 17.5 Å². The lowest BCUT2D eigenvalue weighted by Crippen LogP contribution is -2.33. The number of aromatic nitrogens is 4. The summed E-state index contributed by atoms with van der Waals surface area (Å²) < 4.78 is 5.34. The van der Waals surface area contributed by atoms with Crippen molar-refractivity contribution in [1.82, 2.24) is 20.1 Å². The lowest BCUT2D eigenvalue weighted by atomic mass is 10.1. The first-order chi connectivity index (χ1) is 15.2. The third kappa shape index (κ3) is 3.09. The second-order valence-corrected chi connectivity index (χ2v) is 7.53. The number of rotatable bonds is 3. The maximum atomic E-state index is 11.8. The molecule has 5 aromatic rings. The van der Waals surface area contributed by atoms with Gasteiger partial charge in [0.2, 0.25) is 5.95 Å². The number of nitrogens with zero attached hydrogens (tertiary/aromatic N) is 4. The van der Waals surface area contributed by atoms with E-state index in [0.29, 0.717) is 36.8 Å². The van der Waals surface area contributed by atoms with Crippen LogP contribution in [0.25, 0.3) is 21.8 Å². The van der Waals surface area contributed by atoms with Gasteiger partial charge in [-0.15, -0.1) is 0 Å². The second-order valence-electron chi connectivity index (χ2n) is 7.53. The zero-order valence-corrected chi connectivity index (χ0v) is 16.5. The first kappa shape index (κ1) is 17.6. The molecule has 6 rings (SSSR count). The van der Waals surface area contributed by atoms with Crippen molar-refractivity contribution < 1.29 is 4.52 Å². The van der Waals surface area contributed by atoms with E-state index in [9.17, 15) is 4.79 Å². The second kappa shape index (κ2) is 6.94. The smallest absolute Gasteiger partial charge is 0.283 e. The maximum Gasteiger partial charge on any atom is 0.283 e. The fourth-order valence-electron chi connectivity index (χ4n) is 4.00. The number of hydrogen-bond donors (Lipinski definition) is 2. The molecule has 1 aliphatic heterocycles. The highest BCUT2D eigenvalue weighted by molar-refractivity contribution is 5.93. The lowest BCUT2D eigenvalue weighted by molar-refractivity contribution is 0.371. The molecule has 0 spiro atoms. The van der Waals surface area contributed by atoms with Crippen molar-refractivity contribution in [2.75, 3.05) is 16.8 Å². The Morgan fingerprint density at radius 1 is 1.03 bits per heavy atom. The molecular formula is C23H18N6O2. The Balaban J connectivity index is 1.41. The van der Waals surface area contributed by atoms with E-state index >= 15 is 0 Å². The highest BCUT2D eigenvalue weighted by Crippen LogP contribution is 2.29. The minimum atomic E-state index is -0.151. The summed E-state index contributed by atoms with van der Waals surface area (Å²) in [7, 11) is 0. The van der Waals surface area contributed by atoms with E-state index < -0.39 is 0 Å². The van der Waals surface area contributed by atoms with Crippen LogP contribution in [0.2, 0.25) is 0 Å². The summed E-state index contributed by atoms with van der Waals surface area (Å²) >= 11 is 0. The van der Waals surface area contributed by atoms with Crippen molar-refractivity contribution >= 4 is 39.3 Å². The van der Waals surface area contributed by atoms with Crippen molar-refractivity contribution in [2.45, 2.75) is 13.0 Å². The third-order valence-corrected chi connectivity index (χ3v) is 5.58. The molecule has 0 atom stereocenters. The fraction of sp³-hybridized carbons (Fsp3) is 0.130. The molecular weight excluding hydrogens is 392 g/mol. The first-order valence-electron chi connectivity index (χ1n) is 10.1. The number of anilines is 3. The van der Waals surface area contributed by atoms with Crippen molar-refractivity contribution in [1.29, 1.82) is 0 Å². The minimum Gasteiger partial charge on any atom is -0.381 e. The molecule has 0 aliphatic carbocycles. The molecule has 0 saturated carbocycles. The maximum absolute atomic E-state index is 11.8. The summed E-state index contributed by atoms with van der Waals surface area (Å²) in [4.78, 5) is 27.8. The van der Waals surface area contributed by atoms with Gasteiger partial charge in [-0.2, -0.15) is 10.1 Å². The molecule has 31 heavy (non-hydrogen) atoms. The number of pyridine rings is 1.